The van der Waals surface area contributed by atoms with E-state index >= 15 is 0 Å². The molecule has 0 N–H and O–H groups in total. The van der Waals surface area contributed by atoms with E-state index < -0.39 is 0 Å². The molecule has 1 aliphatic rings. The minimum absolute atomic E-state index is 0.345. The van der Waals surface area contributed by atoms with Crippen molar-refractivity contribution in [1.29, 1.82) is 0 Å². The number of ketones is 1. The number of carbonyl (C=O) groups is 1. The van der Waals surface area contributed by atoms with Crippen molar-refractivity contribution in [3.63, 3.8) is 0 Å². The fourth-order valence-electron chi connectivity index (χ4n) is 2.54. The maximum absolute atomic E-state index is 11.7. The van der Waals surface area contributed by atoms with Gasteiger partial charge in [-0.15, -0.1) is 0 Å². The highest BCUT2D eigenvalue weighted by atomic mass is 16.1. The Morgan fingerprint density at radius 3 is 1.65 bits per heavy atom. The second-order valence-corrected chi connectivity index (χ2v) is 5.49. The quantitative estimate of drug-likeness (QED) is 0.565. The largest absolute Gasteiger partial charge is 0.295 e. The smallest absolute Gasteiger partial charge is 0.155 e. The lowest BCUT2D eigenvalue weighted by molar-refractivity contribution is -0.114. The minimum atomic E-state index is 0.345. The van der Waals surface area contributed by atoms with E-state index in [2.05, 4.69) is 6.92 Å². The number of carbonyl (C=O) groups excluding carboxylic acids is 1. The third-order valence-electron chi connectivity index (χ3n) is 3.65. The van der Waals surface area contributed by atoms with E-state index in [0.29, 0.717) is 5.78 Å². The highest BCUT2D eigenvalue weighted by Gasteiger charge is 2.01. The lowest BCUT2D eigenvalue weighted by Crippen LogP contribution is -1.94. The molecule has 17 heavy (non-hydrogen) atoms. The SMILES string of the molecule is C/C1=C\C(=O)CCCCCCCCCCCC1. The summed E-state index contributed by atoms with van der Waals surface area (Å²) in [6.07, 6.45) is 16.9. The summed E-state index contributed by atoms with van der Waals surface area (Å²) in [7, 11) is 0. The molecule has 1 rings (SSSR count). The number of hydrogen-bond acceptors (Lipinski definition) is 1. The molecule has 0 radical (unpaired) electrons. The average molecular weight is 236 g/mol. The fraction of sp³-hybridized carbons (Fsp3) is 0.812. The first-order valence-electron chi connectivity index (χ1n) is 7.49. The van der Waals surface area contributed by atoms with Gasteiger partial charge in [0, 0.05) is 6.42 Å². The molecule has 1 nitrogen and oxygen atoms in total. The zero-order chi connectivity index (χ0) is 12.3. The molecule has 1 heteroatoms. The van der Waals surface area contributed by atoms with E-state index in [1.54, 1.807) is 0 Å². The summed E-state index contributed by atoms with van der Waals surface area (Å²) in [5.74, 6) is 0.345. The Labute approximate surface area is 107 Å². The van der Waals surface area contributed by atoms with Gasteiger partial charge in [-0.1, -0.05) is 56.9 Å². The molecule has 1 aliphatic carbocycles. The van der Waals surface area contributed by atoms with Gasteiger partial charge in [-0.25, -0.2) is 0 Å². The third kappa shape index (κ3) is 8.18. The lowest BCUT2D eigenvalue weighted by Gasteiger charge is -2.02. The van der Waals surface area contributed by atoms with Gasteiger partial charge >= 0.3 is 0 Å². The van der Waals surface area contributed by atoms with Crippen molar-refractivity contribution >= 4 is 5.78 Å². The minimum Gasteiger partial charge on any atom is -0.295 e. The molecule has 0 aromatic heterocycles. The molecular formula is C16H28O. The van der Waals surface area contributed by atoms with Gasteiger partial charge in [0.1, 0.15) is 0 Å². The van der Waals surface area contributed by atoms with Crippen LogP contribution in [0, 0.1) is 0 Å². The Morgan fingerprint density at radius 2 is 1.12 bits per heavy atom. The predicted octanol–water partition coefficient (Wildman–Crippen LogP) is 5.20. The summed E-state index contributed by atoms with van der Waals surface area (Å²) >= 11 is 0. The van der Waals surface area contributed by atoms with Gasteiger partial charge < -0.3 is 0 Å². The molecule has 0 unspecified atom stereocenters. The van der Waals surface area contributed by atoms with Crippen molar-refractivity contribution in [3.05, 3.63) is 11.6 Å². The molecule has 98 valence electrons. The summed E-state index contributed by atoms with van der Waals surface area (Å²) in [4.78, 5) is 11.7. The monoisotopic (exact) mass is 236 g/mol. The third-order valence-corrected chi connectivity index (χ3v) is 3.65. The first kappa shape index (κ1) is 14.5. The van der Waals surface area contributed by atoms with Crippen molar-refractivity contribution in [3.8, 4) is 0 Å². The summed E-state index contributed by atoms with van der Waals surface area (Å²) in [6.45, 7) is 2.11. The van der Waals surface area contributed by atoms with Crippen LogP contribution in [-0.2, 0) is 4.79 Å². The van der Waals surface area contributed by atoms with E-state index in [1.165, 1.54) is 63.4 Å². The number of allylic oxidation sites excluding steroid dienone is 2. The standard InChI is InChI=1S/C16H28O/c1-15-12-10-8-6-4-2-3-5-7-9-11-13-16(17)14-15/h14H,2-13H2,1H3/b15-14+. The Kier molecular flexibility index (Phi) is 8.04. The van der Waals surface area contributed by atoms with Gasteiger partial charge in [0.25, 0.3) is 0 Å². The van der Waals surface area contributed by atoms with Crippen molar-refractivity contribution in [2.75, 3.05) is 0 Å². The van der Waals surface area contributed by atoms with Crippen LogP contribution in [0.4, 0.5) is 0 Å². The molecule has 0 heterocycles. The predicted molar refractivity (Wildman–Crippen MR) is 74.2 cm³/mol. The normalized spacial score (nSPS) is 25.5. The van der Waals surface area contributed by atoms with Crippen LogP contribution in [0.25, 0.3) is 0 Å². The first-order valence-corrected chi connectivity index (χ1v) is 7.49. The molecule has 0 aromatic carbocycles. The molecule has 0 aliphatic heterocycles. The highest BCUT2D eigenvalue weighted by molar-refractivity contribution is 5.90. The zero-order valence-corrected chi connectivity index (χ0v) is 11.5. The second kappa shape index (κ2) is 9.44. The molecule has 0 bridgehead atoms. The van der Waals surface area contributed by atoms with Crippen molar-refractivity contribution in [2.45, 2.75) is 84.0 Å². The number of hydrogen-bond donors (Lipinski definition) is 0. The maximum Gasteiger partial charge on any atom is 0.155 e. The van der Waals surface area contributed by atoms with Gasteiger partial charge in [-0.05, 0) is 32.3 Å². The summed E-state index contributed by atoms with van der Waals surface area (Å²) in [5.41, 5.74) is 1.28. The fourth-order valence-corrected chi connectivity index (χ4v) is 2.54. The van der Waals surface area contributed by atoms with Crippen LogP contribution in [0.15, 0.2) is 11.6 Å². The molecular weight excluding hydrogens is 208 g/mol. The van der Waals surface area contributed by atoms with Gasteiger partial charge in [0.15, 0.2) is 5.78 Å². The van der Waals surface area contributed by atoms with Gasteiger partial charge in [-0.3, -0.25) is 4.79 Å². The van der Waals surface area contributed by atoms with Crippen molar-refractivity contribution in [1.82, 2.24) is 0 Å². The molecule has 0 aromatic rings. The van der Waals surface area contributed by atoms with Crippen LogP contribution >= 0.6 is 0 Å². The molecule has 0 amide bonds. The Bertz CT molecular complexity index is 240. The van der Waals surface area contributed by atoms with E-state index in [-0.39, 0.29) is 0 Å². The molecule has 0 fully saturated rings. The average Bonchev–Trinajstić information content (AvgIpc) is 2.30. The van der Waals surface area contributed by atoms with Crippen molar-refractivity contribution in [2.24, 2.45) is 0 Å². The Morgan fingerprint density at radius 1 is 0.706 bits per heavy atom. The Hall–Kier alpha value is -0.590. The van der Waals surface area contributed by atoms with Gasteiger partial charge in [-0.2, -0.15) is 0 Å². The van der Waals surface area contributed by atoms with Gasteiger partial charge in [0.05, 0.1) is 0 Å². The molecule has 0 saturated heterocycles. The molecule has 0 atom stereocenters. The molecule has 0 saturated carbocycles. The van der Waals surface area contributed by atoms with E-state index in [9.17, 15) is 4.79 Å². The summed E-state index contributed by atoms with van der Waals surface area (Å²) in [6, 6.07) is 0. The van der Waals surface area contributed by atoms with Crippen LogP contribution in [-0.4, -0.2) is 5.78 Å². The van der Waals surface area contributed by atoms with Crippen LogP contribution in [0.5, 0.6) is 0 Å². The second-order valence-electron chi connectivity index (χ2n) is 5.49. The van der Waals surface area contributed by atoms with Crippen LogP contribution in [0.3, 0.4) is 0 Å². The highest BCUT2D eigenvalue weighted by Crippen LogP contribution is 2.15. The van der Waals surface area contributed by atoms with Crippen molar-refractivity contribution < 1.29 is 4.79 Å². The lowest BCUT2D eigenvalue weighted by atomic mass is 10.0. The summed E-state index contributed by atoms with van der Waals surface area (Å²) in [5, 5.41) is 0. The summed E-state index contributed by atoms with van der Waals surface area (Å²) < 4.78 is 0. The molecule has 0 spiro atoms. The van der Waals surface area contributed by atoms with E-state index in [1.807, 2.05) is 6.08 Å². The van der Waals surface area contributed by atoms with Gasteiger partial charge in [0.2, 0.25) is 0 Å². The van der Waals surface area contributed by atoms with E-state index in [4.69, 9.17) is 0 Å². The maximum atomic E-state index is 11.7. The topological polar surface area (TPSA) is 17.1 Å². The van der Waals surface area contributed by atoms with Crippen LogP contribution in [0.2, 0.25) is 0 Å². The van der Waals surface area contributed by atoms with Crippen LogP contribution < -0.4 is 0 Å². The zero-order valence-electron chi connectivity index (χ0n) is 11.5. The van der Waals surface area contributed by atoms with Crippen LogP contribution in [0.1, 0.15) is 84.0 Å². The first-order chi connectivity index (χ1) is 8.29. The van der Waals surface area contributed by atoms with E-state index in [0.717, 1.165) is 19.3 Å². The number of rotatable bonds is 0. The Balaban J connectivity index is 2.33.